The van der Waals surface area contributed by atoms with E-state index in [1.807, 2.05) is 39.0 Å². The molecular weight excluding hydrogens is 362 g/mol. The molecule has 0 unspecified atom stereocenters. The zero-order valence-corrected chi connectivity index (χ0v) is 17.1. The molecule has 1 saturated heterocycles. The predicted octanol–water partition coefficient (Wildman–Crippen LogP) is 3.88. The summed E-state index contributed by atoms with van der Waals surface area (Å²) in [6.45, 7) is 10.5. The van der Waals surface area contributed by atoms with E-state index in [0.29, 0.717) is 11.3 Å². The molecule has 0 bridgehead atoms. The summed E-state index contributed by atoms with van der Waals surface area (Å²) in [5, 5.41) is 0.734. The molecule has 1 aliphatic heterocycles. The second-order valence-electron chi connectivity index (χ2n) is 7.22. The van der Waals surface area contributed by atoms with Crippen LogP contribution >= 0.6 is 11.6 Å². The number of anilines is 1. The van der Waals surface area contributed by atoms with E-state index >= 15 is 0 Å². The number of nitrogens with one attached hydrogen (secondary N) is 1. The topological polar surface area (TPSA) is 56.4 Å². The molecule has 0 radical (unpaired) electrons. The molecule has 27 heavy (non-hydrogen) atoms. The van der Waals surface area contributed by atoms with Gasteiger partial charge in [0.2, 0.25) is 0 Å². The van der Waals surface area contributed by atoms with E-state index in [1.165, 1.54) is 6.92 Å². The van der Waals surface area contributed by atoms with Gasteiger partial charge in [0.1, 0.15) is 0 Å². The molecule has 0 spiro atoms. The van der Waals surface area contributed by atoms with Gasteiger partial charge in [-0.1, -0.05) is 17.7 Å². The molecule has 1 aliphatic rings. The van der Waals surface area contributed by atoms with Gasteiger partial charge in [-0.05, 0) is 51.5 Å². The minimum Gasteiger partial charge on any atom is -0.369 e. The Balaban J connectivity index is 1.69. The Kier molecular flexibility index (Phi) is 5.72. The summed E-state index contributed by atoms with van der Waals surface area (Å²) in [5.74, 6) is 0.0300. The number of aryl methyl sites for hydroxylation is 1. The van der Waals surface area contributed by atoms with Crippen molar-refractivity contribution in [3.8, 4) is 0 Å². The first-order valence-corrected chi connectivity index (χ1v) is 9.66. The number of benzene rings is 1. The Morgan fingerprint density at radius 3 is 2.37 bits per heavy atom. The fraction of sp³-hybridized carbons (Fsp3) is 0.429. The van der Waals surface area contributed by atoms with Crippen molar-refractivity contribution in [2.45, 2.75) is 33.7 Å². The van der Waals surface area contributed by atoms with Crippen molar-refractivity contribution in [3.63, 3.8) is 0 Å². The number of carbonyl (C=O) groups excluding carboxylic acids is 2. The number of hydrogen-bond acceptors (Lipinski definition) is 4. The monoisotopic (exact) mass is 387 g/mol. The minimum atomic E-state index is -0.233. The first-order valence-electron chi connectivity index (χ1n) is 9.28. The van der Waals surface area contributed by atoms with Gasteiger partial charge in [0.15, 0.2) is 11.6 Å². The highest BCUT2D eigenvalue weighted by Gasteiger charge is 2.29. The number of Topliss-reactive ketones (excluding diaryl/α,β-unsaturated/α-hetero) is 2. The quantitative estimate of drug-likeness (QED) is 0.791. The molecule has 1 fully saturated rings. The van der Waals surface area contributed by atoms with Gasteiger partial charge in [-0.25, -0.2) is 0 Å². The number of H-pyrrole nitrogens is 1. The van der Waals surface area contributed by atoms with Crippen LogP contribution in [-0.2, 0) is 0 Å². The number of piperazine rings is 1. The normalized spacial score (nSPS) is 16.4. The zero-order chi connectivity index (χ0) is 19.7. The van der Waals surface area contributed by atoms with Crippen LogP contribution in [-0.4, -0.2) is 53.7 Å². The van der Waals surface area contributed by atoms with Gasteiger partial charge in [0.25, 0.3) is 0 Å². The van der Waals surface area contributed by atoms with E-state index < -0.39 is 0 Å². The van der Waals surface area contributed by atoms with E-state index in [0.717, 1.165) is 48.1 Å². The number of hydrogen-bond donors (Lipinski definition) is 1. The van der Waals surface area contributed by atoms with Gasteiger partial charge in [-0.2, -0.15) is 0 Å². The van der Waals surface area contributed by atoms with Gasteiger partial charge in [-0.3, -0.25) is 14.5 Å². The van der Waals surface area contributed by atoms with E-state index in [4.69, 9.17) is 11.6 Å². The fourth-order valence-electron chi connectivity index (χ4n) is 3.94. The van der Waals surface area contributed by atoms with E-state index in [-0.39, 0.29) is 17.6 Å². The molecule has 5 nitrogen and oxygen atoms in total. The number of halogens is 1. The smallest absolute Gasteiger partial charge is 0.196 e. The maximum absolute atomic E-state index is 13.0. The predicted molar refractivity (Wildman–Crippen MR) is 109 cm³/mol. The van der Waals surface area contributed by atoms with Crippen LogP contribution in [0.2, 0.25) is 5.02 Å². The fourth-order valence-corrected chi connectivity index (χ4v) is 4.12. The highest BCUT2D eigenvalue weighted by atomic mass is 35.5. The Bertz CT molecular complexity index is 866. The molecule has 0 aliphatic carbocycles. The molecule has 0 saturated carbocycles. The number of ketones is 2. The second kappa shape index (κ2) is 7.87. The van der Waals surface area contributed by atoms with Crippen LogP contribution in [0, 0.1) is 13.8 Å². The standard InChI is InChI=1S/C21H26ClN3O2/c1-13-19(16(4)26)14(2)23-20(13)21(27)15(3)24-8-10-25(11-9-24)18-7-5-6-17(22)12-18/h5-7,12,15,23H,8-11H2,1-4H3/t15-/m1/s1. The summed E-state index contributed by atoms with van der Waals surface area (Å²) >= 11 is 6.10. The minimum absolute atomic E-state index is 0.0110. The lowest BCUT2D eigenvalue weighted by atomic mass is 10.0. The van der Waals surface area contributed by atoms with Crippen molar-refractivity contribution >= 4 is 28.9 Å². The van der Waals surface area contributed by atoms with Crippen molar-refractivity contribution in [1.82, 2.24) is 9.88 Å². The van der Waals surface area contributed by atoms with Crippen molar-refractivity contribution in [1.29, 1.82) is 0 Å². The lowest BCUT2D eigenvalue weighted by molar-refractivity contribution is 0.0824. The van der Waals surface area contributed by atoms with Crippen molar-refractivity contribution < 1.29 is 9.59 Å². The van der Waals surface area contributed by atoms with E-state index in [9.17, 15) is 9.59 Å². The molecular formula is C21H26ClN3O2. The Labute approximate surface area is 165 Å². The van der Waals surface area contributed by atoms with Crippen molar-refractivity contribution in [2.75, 3.05) is 31.1 Å². The number of aromatic amines is 1. The zero-order valence-electron chi connectivity index (χ0n) is 16.3. The Morgan fingerprint density at radius 1 is 1.15 bits per heavy atom. The third-order valence-electron chi connectivity index (χ3n) is 5.45. The SMILES string of the molecule is CC(=O)c1c(C)[nH]c(C(=O)[C@@H](C)N2CCN(c3cccc(Cl)c3)CC2)c1C. The summed E-state index contributed by atoms with van der Waals surface area (Å²) in [6.07, 6.45) is 0. The molecule has 0 amide bonds. The van der Waals surface area contributed by atoms with Crippen molar-refractivity contribution in [2.24, 2.45) is 0 Å². The van der Waals surface area contributed by atoms with Crippen LogP contribution in [0.25, 0.3) is 0 Å². The van der Waals surface area contributed by atoms with Crippen LogP contribution in [0.15, 0.2) is 24.3 Å². The lowest BCUT2D eigenvalue weighted by Crippen LogP contribution is -2.51. The molecule has 1 N–H and O–H groups in total. The molecule has 3 rings (SSSR count). The average molecular weight is 388 g/mol. The first kappa shape index (κ1) is 19.6. The Hall–Kier alpha value is -2.11. The maximum Gasteiger partial charge on any atom is 0.196 e. The average Bonchev–Trinajstić information content (AvgIpc) is 2.95. The molecule has 1 aromatic heterocycles. The second-order valence-corrected chi connectivity index (χ2v) is 7.66. The summed E-state index contributed by atoms with van der Waals surface area (Å²) in [5.41, 5.74) is 3.83. The highest BCUT2D eigenvalue weighted by Crippen LogP contribution is 2.24. The summed E-state index contributed by atoms with van der Waals surface area (Å²) in [7, 11) is 0. The van der Waals surface area contributed by atoms with Crippen LogP contribution in [0.4, 0.5) is 5.69 Å². The van der Waals surface area contributed by atoms with Crippen LogP contribution in [0.3, 0.4) is 0 Å². The molecule has 144 valence electrons. The highest BCUT2D eigenvalue weighted by molar-refractivity contribution is 6.30. The van der Waals surface area contributed by atoms with Crippen LogP contribution in [0.1, 0.15) is 46.0 Å². The summed E-state index contributed by atoms with van der Waals surface area (Å²) in [6, 6.07) is 7.63. The first-order chi connectivity index (χ1) is 12.8. The molecule has 6 heteroatoms. The number of aromatic nitrogens is 1. The third-order valence-corrected chi connectivity index (χ3v) is 5.69. The number of nitrogens with zero attached hydrogens (tertiary/aromatic N) is 2. The van der Waals surface area contributed by atoms with Gasteiger partial charge in [0, 0.05) is 48.1 Å². The summed E-state index contributed by atoms with van der Waals surface area (Å²) in [4.78, 5) is 32.5. The number of carbonyl (C=O) groups is 2. The summed E-state index contributed by atoms with van der Waals surface area (Å²) < 4.78 is 0. The van der Waals surface area contributed by atoms with Gasteiger partial charge in [0.05, 0.1) is 11.7 Å². The van der Waals surface area contributed by atoms with Gasteiger partial charge >= 0.3 is 0 Å². The molecule has 2 heterocycles. The van der Waals surface area contributed by atoms with Crippen LogP contribution in [0.5, 0.6) is 0 Å². The third kappa shape index (κ3) is 3.94. The molecule has 1 atom stereocenters. The van der Waals surface area contributed by atoms with Crippen LogP contribution < -0.4 is 4.90 Å². The largest absolute Gasteiger partial charge is 0.369 e. The van der Waals surface area contributed by atoms with Crippen molar-refractivity contribution in [3.05, 3.63) is 51.8 Å². The number of rotatable bonds is 5. The maximum atomic E-state index is 13.0. The van der Waals surface area contributed by atoms with E-state index in [2.05, 4.69) is 20.9 Å². The molecule has 1 aromatic carbocycles. The lowest BCUT2D eigenvalue weighted by Gasteiger charge is -2.38. The molecule has 2 aromatic rings. The Morgan fingerprint density at radius 2 is 1.81 bits per heavy atom. The van der Waals surface area contributed by atoms with E-state index in [1.54, 1.807) is 0 Å². The van der Waals surface area contributed by atoms with Gasteiger partial charge < -0.3 is 9.88 Å². The van der Waals surface area contributed by atoms with Gasteiger partial charge in [-0.15, -0.1) is 0 Å².